The van der Waals surface area contributed by atoms with Crippen molar-refractivity contribution in [2.45, 2.75) is 44.4 Å². The maximum Gasteiger partial charge on any atom is 0.206 e. The van der Waals surface area contributed by atoms with Crippen molar-refractivity contribution in [3.8, 4) is 0 Å². The second kappa shape index (κ2) is 6.67. The molecule has 1 aliphatic heterocycles. The van der Waals surface area contributed by atoms with Gasteiger partial charge in [0.2, 0.25) is 5.95 Å². The highest BCUT2D eigenvalue weighted by molar-refractivity contribution is 6.42. The van der Waals surface area contributed by atoms with Crippen molar-refractivity contribution >= 4 is 40.2 Å². The number of anilines is 1. The Morgan fingerprint density at radius 3 is 2.54 bits per heavy atom. The van der Waals surface area contributed by atoms with E-state index in [9.17, 15) is 15.3 Å². The fourth-order valence-electron chi connectivity index (χ4n) is 2.73. The predicted octanol–water partition coefficient (Wildman–Crippen LogP) is 1.77. The molecule has 1 aromatic carbocycles. The van der Waals surface area contributed by atoms with Crippen molar-refractivity contribution < 1.29 is 20.1 Å². The minimum Gasteiger partial charge on any atom is -0.388 e. The number of aromatic nitrogens is 2. The van der Waals surface area contributed by atoms with E-state index < -0.39 is 24.5 Å². The topological polar surface area (TPSA) is 99.8 Å². The summed E-state index contributed by atoms with van der Waals surface area (Å²) in [7, 11) is 0. The summed E-state index contributed by atoms with van der Waals surface area (Å²) in [5.41, 5.74) is 1.17. The molecule has 1 saturated heterocycles. The van der Waals surface area contributed by atoms with Crippen LogP contribution in [0.15, 0.2) is 12.1 Å². The molecule has 132 valence electrons. The summed E-state index contributed by atoms with van der Waals surface area (Å²) in [5, 5.41) is 33.9. The number of hydrogen-bond acceptors (Lipinski definition) is 6. The fraction of sp³-hybridized carbons (Fsp3) is 0.533. The van der Waals surface area contributed by atoms with Crippen molar-refractivity contribution in [3.63, 3.8) is 0 Å². The summed E-state index contributed by atoms with van der Waals surface area (Å²) < 4.78 is 7.19. The summed E-state index contributed by atoms with van der Waals surface area (Å²) >= 11 is 12.2. The van der Waals surface area contributed by atoms with Crippen LogP contribution in [0.3, 0.4) is 0 Å². The third-order valence-electron chi connectivity index (χ3n) is 3.88. The van der Waals surface area contributed by atoms with Gasteiger partial charge in [0.05, 0.1) is 27.7 Å². The smallest absolute Gasteiger partial charge is 0.206 e. The Morgan fingerprint density at radius 2 is 1.88 bits per heavy atom. The van der Waals surface area contributed by atoms with Crippen molar-refractivity contribution in [2.75, 3.05) is 11.9 Å². The second-order valence-electron chi connectivity index (χ2n) is 6.13. The van der Waals surface area contributed by atoms with Gasteiger partial charge in [-0.15, -0.1) is 0 Å². The lowest BCUT2D eigenvalue weighted by molar-refractivity contribution is -0.209. The Hall–Kier alpha value is -1.09. The molecule has 0 amide bonds. The zero-order valence-corrected chi connectivity index (χ0v) is 14.7. The van der Waals surface area contributed by atoms with Crippen LogP contribution in [0, 0.1) is 0 Å². The molecular weight excluding hydrogens is 357 g/mol. The third-order valence-corrected chi connectivity index (χ3v) is 4.60. The quantitative estimate of drug-likeness (QED) is 0.652. The normalized spacial score (nSPS) is 27.8. The van der Waals surface area contributed by atoms with E-state index in [1.165, 1.54) is 0 Å². The fourth-order valence-corrected chi connectivity index (χ4v) is 3.04. The molecule has 24 heavy (non-hydrogen) atoms. The van der Waals surface area contributed by atoms with Crippen LogP contribution < -0.4 is 5.32 Å². The van der Waals surface area contributed by atoms with Crippen LogP contribution >= 0.6 is 23.2 Å². The number of nitrogens with zero attached hydrogens (tertiary/aromatic N) is 2. The van der Waals surface area contributed by atoms with Gasteiger partial charge in [-0.1, -0.05) is 23.2 Å². The Labute approximate surface area is 148 Å². The highest BCUT2D eigenvalue weighted by atomic mass is 35.5. The molecule has 4 atom stereocenters. The monoisotopic (exact) mass is 375 g/mol. The minimum atomic E-state index is -1.33. The van der Waals surface area contributed by atoms with Gasteiger partial charge < -0.3 is 25.4 Å². The largest absolute Gasteiger partial charge is 0.388 e. The molecular formula is C15H19Cl2N3O4. The van der Waals surface area contributed by atoms with E-state index in [-0.39, 0.29) is 12.6 Å². The molecule has 3 rings (SSSR count). The van der Waals surface area contributed by atoms with Gasteiger partial charge in [-0.25, -0.2) is 4.98 Å². The number of halogens is 2. The van der Waals surface area contributed by atoms with Gasteiger partial charge in [0.25, 0.3) is 0 Å². The first-order valence-corrected chi connectivity index (χ1v) is 8.34. The van der Waals surface area contributed by atoms with Crippen LogP contribution in [-0.2, 0) is 4.74 Å². The lowest BCUT2D eigenvalue weighted by Crippen LogP contribution is -2.50. The number of nitrogens with one attached hydrogen (secondary N) is 1. The summed E-state index contributed by atoms with van der Waals surface area (Å²) in [6.07, 6.45) is -4.72. The van der Waals surface area contributed by atoms with Crippen molar-refractivity contribution in [1.29, 1.82) is 0 Å². The zero-order chi connectivity index (χ0) is 17.6. The summed E-state index contributed by atoms with van der Waals surface area (Å²) in [4.78, 5) is 4.48. The zero-order valence-electron chi connectivity index (χ0n) is 13.1. The Kier molecular flexibility index (Phi) is 4.92. The Bertz CT molecular complexity index is 752. The number of rotatable bonds is 3. The van der Waals surface area contributed by atoms with Gasteiger partial charge in [0.1, 0.15) is 18.3 Å². The number of ether oxygens (including phenoxy) is 1. The molecule has 0 unspecified atom stereocenters. The predicted molar refractivity (Wildman–Crippen MR) is 91.5 cm³/mol. The molecule has 9 heteroatoms. The molecule has 1 aliphatic rings. The molecule has 1 fully saturated rings. The van der Waals surface area contributed by atoms with Crippen LogP contribution in [0.2, 0.25) is 10.0 Å². The molecule has 0 bridgehead atoms. The van der Waals surface area contributed by atoms with E-state index in [0.717, 1.165) is 0 Å². The number of hydrogen-bond donors (Lipinski definition) is 4. The number of benzene rings is 1. The maximum absolute atomic E-state index is 10.4. The number of aliphatic hydroxyl groups is 3. The van der Waals surface area contributed by atoms with Crippen LogP contribution in [-0.4, -0.2) is 55.8 Å². The van der Waals surface area contributed by atoms with Crippen molar-refractivity contribution in [3.05, 3.63) is 22.2 Å². The summed E-state index contributed by atoms with van der Waals surface area (Å²) in [5.74, 6) is 0.450. The standard InChI is InChI=1S/C15H19Cl2N3O4/c1-6(2)18-15-19-9-3-7(16)8(17)4-10(9)20(15)14-13(23)12(22)11(21)5-24-14/h3-4,6,11-14,21-23H,5H2,1-2H3,(H,18,19)/t11-,12+,13-,14-/m1/s1. The van der Waals surface area contributed by atoms with E-state index in [4.69, 9.17) is 27.9 Å². The Morgan fingerprint density at radius 1 is 1.21 bits per heavy atom. The van der Waals surface area contributed by atoms with E-state index in [0.29, 0.717) is 27.0 Å². The third kappa shape index (κ3) is 3.08. The molecule has 0 saturated carbocycles. The van der Waals surface area contributed by atoms with Crippen LogP contribution in [0.5, 0.6) is 0 Å². The molecule has 0 radical (unpaired) electrons. The Balaban J connectivity index is 2.15. The number of imidazole rings is 1. The lowest BCUT2D eigenvalue weighted by Gasteiger charge is -2.36. The van der Waals surface area contributed by atoms with Gasteiger partial charge in [0, 0.05) is 6.04 Å². The van der Waals surface area contributed by atoms with Crippen LogP contribution in [0.25, 0.3) is 11.0 Å². The SMILES string of the molecule is CC(C)Nc1nc2cc(Cl)c(Cl)cc2n1[C@@H]1OC[C@@H](O)[C@H](O)[C@H]1O. The highest BCUT2D eigenvalue weighted by Gasteiger charge is 2.40. The molecule has 2 heterocycles. The number of aliphatic hydroxyl groups excluding tert-OH is 3. The first kappa shape index (κ1) is 17.7. The van der Waals surface area contributed by atoms with Gasteiger partial charge in [-0.3, -0.25) is 4.57 Å². The molecule has 0 aliphatic carbocycles. The molecule has 2 aromatic rings. The van der Waals surface area contributed by atoms with Crippen LogP contribution in [0.4, 0.5) is 5.95 Å². The maximum atomic E-state index is 10.4. The van der Waals surface area contributed by atoms with E-state index in [2.05, 4.69) is 10.3 Å². The van der Waals surface area contributed by atoms with Crippen molar-refractivity contribution in [1.82, 2.24) is 9.55 Å². The second-order valence-corrected chi connectivity index (χ2v) is 6.95. The van der Waals surface area contributed by atoms with Crippen molar-refractivity contribution in [2.24, 2.45) is 0 Å². The highest BCUT2D eigenvalue weighted by Crippen LogP contribution is 2.35. The molecule has 1 aromatic heterocycles. The lowest BCUT2D eigenvalue weighted by atomic mass is 10.0. The van der Waals surface area contributed by atoms with E-state index >= 15 is 0 Å². The van der Waals surface area contributed by atoms with Crippen LogP contribution in [0.1, 0.15) is 20.1 Å². The summed E-state index contributed by atoms with van der Waals surface area (Å²) in [6.45, 7) is 3.78. The van der Waals surface area contributed by atoms with E-state index in [1.54, 1.807) is 16.7 Å². The first-order valence-electron chi connectivity index (χ1n) is 7.59. The molecule has 7 nitrogen and oxygen atoms in total. The van der Waals surface area contributed by atoms with Gasteiger partial charge in [-0.05, 0) is 26.0 Å². The van der Waals surface area contributed by atoms with Gasteiger partial charge in [0.15, 0.2) is 6.23 Å². The number of fused-ring (bicyclic) bond motifs is 1. The van der Waals surface area contributed by atoms with Gasteiger partial charge >= 0.3 is 0 Å². The average Bonchev–Trinajstić information content (AvgIpc) is 2.82. The minimum absolute atomic E-state index is 0.0720. The average molecular weight is 376 g/mol. The van der Waals surface area contributed by atoms with E-state index in [1.807, 2.05) is 13.8 Å². The summed E-state index contributed by atoms with van der Waals surface area (Å²) in [6, 6.07) is 3.33. The van der Waals surface area contributed by atoms with Gasteiger partial charge in [-0.2, -0.15) is 0 Å². The first-order chi connectivity index (χ1) is 11.3. The molecule has 0 spiro atoms. The molecule has 4 N–H and O–H groups in total.